The molecular formula is C14H17I2N3. The van der Waals surface area contributed by atoms with E-state index in [0.29, 0.717) is 0 Å². The van der Waals surface area contributed by atoms with Crippen molar-refractivity contribution in [3.63, 3.8) is 0 Å². The Morgan fingerprint density at radius 2 is 2.00 bits per heavy atom. The molecule has 0 aliphatic rings. The first kappa shape index (κ1) is 15.2. The van der Waals surface area contributed by atoms with E-state index >= 15 is 0 Å². The molecule has 0 amide bonds. The van der Waals surface area contributed by atoms with Crippen LogP contribution < -0.4 is 5.32 Å². The zero-order valence-corrected chi connectivity index (χ0v) is 15.4. The van der Waals surface area contributed by atoms with Crippen LogP contribution in [-0.4, -0.2) is 37.1 Å². The predicted molar refractivity (Wildman–Crippen MR) is 98.8 cm³/mol. The molecule has 1 heterocycles. The summed E-state index contributed by atoms with van der Waals surface area (Å²) in [4.78, 5) is 6.70. The van der Waals surface area contributed by atoms with Crippen LogP contribution in [0.5, 0.6) is 0 Å². The average Bonchev–Trinajstić information content (AvgIpc) is 2.39. The van der Waals surface area contributed by atoms with E-state index in [1.807, 2.05) is 6.20 Å². The Bertz CT molecular complexity index is 570. The van der Waals surface area contributed by atoms with Gasteiger partial charge in [0, 0.05) is 27.4 Å². The van der Waals surface area contributed by atoms with Gasteiger partial charge < -0.3 is 10.2 Å². The van der Waals surface area contributed by atoms with Crippen molar-refractivity contribution in [2.24, 2.45) is 0 Å². The molecule has 0 fully saturated rings. The molecule has 0 aliphatic heterocycles. The molecule has 3 nitrogen and oxygen atoms in total. The number of nitrogens with one attached hydrogen (secondary N) is 1. The summed E-state index contributed by atoms with van der Waals surface area (Å²) in [6, 6.07) is 6.36. The number of pyridine rings is 1. The van der Waals surface area contributed by atoms with Crippen molar-refractivity contribution in [1.82, 2.24) is 9.88 Å². The third-order valence-corrected chi connectivity index (χ3v) is 5.92. The largest absolute Gasteiger partial charge is 0.384 e. The Labute approximate surface area is 141 Å². The summed E-state index contributed by atoms with van der Waals surface area (Å²) >= 11 is 4.72. The third-order valence-electron chi connectivity index (χ3n) is 2.90. The Hall–Kier alpha value is -0.150. The second kappa shape index (κ2) is 7.03. The maximum absolute atomic E-state index is 4.50. The highest BCUT2D eigenvalue weighted by molar-refractivity contribution is 14.1. The van der Waals surface area contributed by atoms with Gasteiger partial charge >= 0.3 is 0 Å². The zero-order chi connectivity index (χ0) is 13.8. The molecule has 1 aromatic heterocycles. The molecule has 1 N–H and O–H groups in total. The van der Waals surface area contributed by atoms with E-state index in [-0.39, 0.29) is 0 Å². The molecule has 0 saturated carbocycles. The van der Waals surface area contributed by atoms with Crippen LogP contribution in [0.4, 0.5) is 5.69 Å². The number of hydrogen-bond acceptors (Lipinski definition) is 3. The van der Waals surface area contributed by atoms with E-state index in [9.17, 15) is 0 Å². The number of aromatic nitrogens is 1. The first-order valence-corrected chi connectivity index (χ1v) is 8.36. The lowest BCUT2D eigenvalue weighted by molar-refractivity contribution is 0.405. The van der Waals surface area contributed by atoms with Crippen molar-refractivity contribution >= 4 is 61.8 Å². The molecule has 0 bridgehead atoms. The van der Waals surface area contributed by atoms with Crippen LogP contribution in [0.1, 0.15) is 6.42 Å². The van der Waals surface area contributed by atoms with E-state index in [2.05, 4.69) is 92.7 Å². The first-order chi connectivity index (χ1) is 9.09. The molecule has 0 unspecified atom stereocenters. The highest BCUT2D eigenvalue weighted by Gasteiger charge is 2.07. The Balaban J connectivity index is 2.17. The summed E-state index contributed by atoms with van der Waals surface area (Å²) in [6.07, 6.45) is 3.02. The van der Waals surface area contributed by atoms with E-state index < -0.39 is 0 Å². The standard InChI is InChI=1S/C14H17I2N3/c1-19(2)9-3-7-17-12-6-8-18-14-10(12)4-5-11(15)13(14)16/h4-6,8H,3,7,9H2,1-2H3,(H,17,18). The molecule has 2 aromatic rings. The molecule has 0 spiro atoms. The van der Waals surface area contributed by atoms with Crippen molar-refractivity contribution < 1.29 is 0 Å². The minimum Gasteiger partial charge on any atom is -0.384 e. The van der Waals surface area contributed by atoms with Crippen molar-refractivity contribution in [2.75, 3.05) is 32.5 Å². The van der Waals surface area contributed by atoms with Crippen LogP contribution in [0.15, 0.2) is 24.4 Å². The molecule has 19 heavy (non-hydrogen) atoms. The highest BCUT2D eigenvalue weighted by atomic mass is 127. The van der Waals surface area contributed by atoms with Gasteiger partial charge in [0.05, 0.1) is 9.09 Å². The van der Waals surface area contributed by atoms with Gasteiger partial charge in [-0.05, 0) is 90.4 Å². The monoisotopic (exact) mass is 481 g/mol. The number of rotatable bonds is 5. The molecule has 5 heteroatoms. The van der Waals surface area contributed by atoms with Gasteiger partial charge in [0.25, 0.3) is 0 Å². The molecule has 0 aliphatic carbocycles. The third kappa shape index (κ3) is 3.91. The fourth-order valence-corrected chi connectivity index (χ4v) is 2.98. The average molecular weight is 481 g/mol. The SMILES string of the molecule is CN(C)CCCNc1ccnc2c(I)c(I)ccc12. The maximum Gasteiger partial charge on any atom is 0.0866 e. The topological polar surface area (TPSA) is 28.2 Å². The summed E-state index contributed by atoms with van der Waals surface area (Å²) < 4.78 is 2.48. The number of anilines is 1. The summed E-state index contributed by atoms with van der Waals surface area (Å²) in [5.74, 6) is 0. The van der Waals surface area contributed by atoms with Gasteiger partial charge in [-0.15, -0.1) is 0 Å². The molecule has 0 radical (unpaired) electrons. The van der Waals surface area contributed by atoms with E-state index in [1.54, 1.807) is 0 Å². The molecule has 2 rings (SSSR count). The zero-order valence-electron chi connectivity index (χ0n) is 11.1. The van der Waals surface area contributed by atoms with Crippen LogP contribution >= 0.6 is 45.2 Å². The summed E-state index contributed by atoms with van der Waals surface area (Å²) in [7, 11) is 4.21. The van der Waals surface area contributed by atoms with Gasteiger partial charge in [-0.1, -0.05) is 0 Å². The van der Waals surface area contributed by atoms with Gasteiger partial charge in [0.2, 0.25) is 0 Å². The molecule has 1 aromatic carbocycles. The van der Waals surface area contributed by atoms with Crippen molar-refractivity contribution in [3.8, 4) is 0 Å². The fraction of sp³-hybridized carbons (Fsp3) is 0.357. The quantitative estimate of drug-likeness (QED) is 0.521. The highest BCUT2D eigenvalue weighted by Crippen LogP contribution is 2.28. The van der Waals surface area contributed by atoms with Crippen LogP contribution in [0.25, 0.3) is 10.9 Å². The van der Waals surface area contributed by atoms with Crippen LogP contribution in [0.3, 0.4) is 0 Å². The Morgan fingerprint density at radius 3 is 2.74 bits per heavy atom. The number of halogens is 2. The smallest absolute Gasteiger partial charge is 0.0866 e. The summed E-state index contributed by atoms with van der Waals surface area (Å²) in [6.45, 7) is 2.09. The molecule has 102 valence electrons. The normalized spacial score (nSPS) is 11.2. The van der Waals surface area contributed by atoms with Crippen LogP contribution in [0, 0.1) is 7.14 Å². The van der Waals surface area contributed by atoms with Gasteiger partial charge in [0.1, 0.15) is 0 Å². The minimum absolute atomic E-state index is 0.986. The minimum atomic E-state index is 0.986. The van der Waals surface area contributed by atoms with E-state index in [1.165, 1.54) is 18.2 Å². The molecule has 0 atom stereocenters. The lowest BCUT2D eigenvalue weighted by atomic mass is 10.2. The van der Waals surface area contributed by atoms with Gasteiger partial charge in [0.15, 0.2) is 0 Å². The molecular weight excluding hydrogens is 464 g/mol. The maximum atomic E-state index is 4.50. The number of nitrogens with zero attached hydrogens (tertiary/aromatic N) is 2. The van der Waals surface area contributed by atoms with E-state index in [4.69, 9.17) is 0 Å². The Kier molecular flexibility index (Phi) is 5.64. The van der Waals surface area contributed by atoms with Crippen molar-refractivity contribution in [1.29, 1.82) is 0 Å². The summed E-state index contributed by atoms with van der Waals surface area (Å²) in [5, 5.41) is 4.72. The fourth-order valence-electron chi connectivity index (χ4n) is 1.93. The molecule has 0 saturated heterocycles. The number of benzene rings is 1. The lowest BCUT2D eigenvalue weighted by Crippen LogP contribution is -2.16. The first-order valence-electron chi connectivity index (χ1n) is 6.21. The van der Waals surface area contributed by atoms with Gasteiger partial charge in [-0.2, -0.15) is 0 Å². The van der Waals surface area contributed by atoms with Crippen LogP contribution in [0.2, 0.25) is 0 Å². The predicted octanol–water partition coefficient (Wildman–Crippen LogP) is 3.81. The second-order valence-electron chi connectivity index (χ2n) is 4.70. The van der Waals surface area contributed by atoms with Gasteiger partial charge in [-0.25, -0.2) is 0 Å². The van der Waals surface area contributed by atoms with E-state index in [0.717, 1.165) is 25.0 Å². The second-order valence-corrected chi connectivity index (χ2v) is 6.94. The van der Waals surface area contributed by atoms with Crippen molar-refractivity contribution in [3.05, 3.63) is 31.5 Å². The summed E-state index contributed by atoms with van der Waals surface area (Å²) in [5.41, 5.74) is 2.27. The van der Waals surface area contributed by atoms with Crippen molar-refractivity contribution in [2.45, 2.75) is 6.42 Å². The Morgan fingerprint density at radius 1 is 1.21 bits per heavy atom. The number of hydrogen-bond donors (Lipinski definition) is 1. The van der Waals surface area contributed by atoms with Gasteiger partial charge in [-0.3, -0.25) is 4.98 Å². The van der Waals surface area contributed by atoms with Crippen LogP contribution in [-0.2, 0) is 0 Å². The number of fused-ring (bicyclic) bond motifs is 1. The lowest BCUT2D eigenvalue weighted by Gasteiger charge is -2.12.